The van der Waals surface area contributed by atoms with Crippen molar-refractivity contribution in [3.8, 4) is 0 Å². The molecule has 0 radical (unpaired) electrons. The van der Waals surface area contributed by atoms with Crippen molar-refractivity contribution >= 4 is 61.1 Å². The van der Waals surface area contributed by atoms with Gasteiger partial charge in [-0.3, -0.25) is 14.5 Å². The summed E-state index contributed by atoms with van der Waals surface area (Å²) in [6.45, 7) is 1.99. The Labute approximate surface area is 170 Å². The Bertz CT molecular complexity index is 1040. The third-order valence-corrected chi connectivity index (χ3v) is 6.48. The number of amidine groups is 1. The second-order valence-electron chi connectivity index (χ2n) is 6.48. The number of benzene rings is 2. The van der Waals surface area contributed by atoms with Gasteiger partial charge in [-0.1, -0.05) is 52.9 Å². The maximum Gasteiger partial charge on any atom is 0.242 e. The number of fused-ring (bicyclic) bond motifs is 1. The van der Waals surface area contributed by atoms with E-state index in [0.717, 1.165) is 21.5 Å². The lowest BCUT2D eigenvalue weighted by Crippen LogP contribution is -2.30. The van der Waals surface area contributed by atoms with Crippen molar-refractivity contribution in [3.05, 3.63) is 54.1 Å². The van der Waals surface area contributed by atoms with Crippen LogP contribution in [-0.4, -0.2) is 39.2 Å². The molecule has 1 aliphatic heterocycles. The first kappa shape index (κ1) is 18.6. The van der Waals surface area contributed by atoms with E-state index < -0.39 is 5.25 Å². The summed E-state index contributed by atoms with van der Waals surface area (Å²) >= 11 is 2.78. The number of thioether (sulfide) groups is 1. The van der Waals surface area contributed by atoms with Crippen molar-refractivity contribution in [1.29, 1.82) is 0 Å². The highest BCUT2D eigenvalue weighted by molar-refractivity contribution is 8.15. The van der Waals surface area contributed by atoms with E-state index in [0.29, 0.717) is 10.3 Å². The van der Waals surface area contributed by atoms with E-state index in [1.165, 1.54) is 28.0 Å². The van der Waals surface area contributed by atoms with Crippen molar-refractivity contribution in [3.63, 3.8) is 0 Å². The first-order valence-corrected chi connectivity index (χ1v) is 10.4. The molecule has 4 rings (SSSR count). The molecule has 0 saturated carbocycles. The normalized spacial score (nSPS) is 18.2. The lowest BCUT2D eigenvalue weighted by atomic mass is 10.2. The minimum atomic E-state index is -0.483. The highest BCUT2D eigenvalue weighted by Crippen LogP contribution is 2.33. The lowest BCUT2D eigenvalue weighted by molar-refractivity contribution is -0.127. The SMILES string of the molecule is Cc1ccc(NC(=O)CC2S/C(=N\c3nc4ccccc4s3)N(C)C2=O)cc1. The molecule has 8 heteroatoms. The number of aliphatic imine (C=N–C) groups is 1. The molecule has 2 heterocycles. The molecule has 0 aliphatic carbocycles. The minimum Gasteiger partial charge on any atom is -0.326 e. The van der Waals surface area contributed by atoms with Crippen molar-refractivity contribution in [2.45, 2.75) is 18.6 Å². The van der Waals surface area contributed by atoms with Crippen LogP contribution < -0.4 is 5.32 Å². The number of amides is 2. The van der Waals surface area contributed by atoms with Gasteiger partial charge in [0, 0.05) is 19.2 Å². The van der Waals surface area contributed by atoms with E-state index in [9.17, 15) is 9.59 Å². The van der Waals surface area contributed by atoms with Gasteiger partial charge in [0.05, 0.1) is 10.2 Å². The molecule has 2 aromatic carbocycles. The number of anilines is 1. The summed E-state index contributed by atoms with van der Waals surface area (Å²) in [5, 5.41) is 3.53. The van der Waals surface area contributed by atoms with Crippen LogP contribution in [0.25, 0.3) is 10.2 Å². The average Bonchev–Trinajstić information content (AvgIpc) is 3.20. The third-order valence-electron chi connectivity index (χ3n) is 4.32. The number of hydrogen-bond acceptors (Lipinski definition) is 6. The standard InChI is InChI=1S/C20H18N4O2S2/c1-12-7-9-13(10-8-12)21-17(25)11-16-18(26)24(2)20(28-16)23-19-22-14-5-3-4-6-15(14)27-19/h3-10,16H,11H2,1-2H3,(H,21,25)/b23-20-. The molecule has 2 amide bonds. The Hall–Kier alpha value is -2.71. The maximum atomic E-state index is 12.5. The predicted molar refractivity (Wildman–Crippen MR) is 115 cm³/mol. The average molecular weight is 411 g/mol. The van der Waals surface area contributed by atoms with Gasteiger partial charge in [-0.05, 0) is 31.2 Å². The van der Waals surface area contributed by atoms with Gasteiger partial charge in [-0.2, -0.15) is 4.99 Å². The molecular formula is C20H18N4O2S2. The molecule has 0 bridgehead atoms. The van der Waals surface area contributed by atoms with Crippen molar-refractivity contribution in [1.82, 2.24) is 9.88 Å². The molecule has 1 aromatic heterocycles. The number of rotatable bonds is 4. The van der Waals surface area contributed by atoms with Gasteiger partial charge in [-0.25, -0.2) is 4.98 Å². The van der Waals surface area contributed by atoms with Crippen LogP contribution in [0.15, 0.2) is 53.5 Å². The number of aromatic nitrogens is 1. The second kappa shape index (κ2) is 7.73. The van der Waals surface area contributed by atoms with Crippen LogP contribution in [0, 0.1) is 6.92 Å². The second-order valence-corrected chi connectivity index (χ2v) is 8.66. The number of para-hydroxylation sites is 1. The van der Waals surface area contributed by atoms with Gasteiger partial charge in [0.2, 0.25) is 16.9 Å². The van der Waals surface area contributed by atoms with Crippen LogP contribution in [0.2, 0.25) is 0 Å². The highest BCUT2D eigenvalue weighted by Gasteiger charge is 2.37. The number of carbonyl (C=O) groups excluding carboxylic acids is 2. The third kappa shape index (κ3) is 3.93. The molecule has 1 fully saturated rings. The molecule has 28 heavy (non-hydrogen) atoms. The van der Waals surface area contributed by atoms with E-state index in [1.807, 2.05) is 55.5 Å². The Morgan fingerprint density at radius 2 is 1.96 bits per heavy atom. The number of nitrogens with zero attached hydrogens (tertiary/aromatic N) is 3. The van der Waals surface area contributed by atoms with E-state index in [-0.39, 0.29) is 18.2 Å². The number of nitrogens with one attached hydrogen (secondary N) is 1. The summed E-state index contributed by atoms with van der Waals surface area (Å²) in [5.74, 6) is -0.312. The lowest BCUT2D eigenvalue weighted by Gasteiger charge is -2.09. The zero-order valence-electron chi connectivity index (χ0n) is 15.4. The van der Waals surface area contributed by atoms with E-state index >= 15 is 0 Å². The summed E-state index contributed by atoms with van der Waals surface area (Å²) in [5.41, 5.74) is 2.73. The molecule has 1 aliphatic rings. The molecule has 6 nitrogen and oxygen atoms in total. The summed E-state index contributed by atoms with van der Waals surface area (Å²) in [6.07, 6.45) is 0.0978. The zero-order chi connectivity index (χ0) is 19.7. The van der Waals surface area contributed by atoms with Gasteiger partial charge in [-0.15, -0.1) is 0 Å². The van der Waals surface area contributed by atoms with Crippen LogP contribution in [0.3, 0.4) is 0 Å². The number of thiazole rings is 1. The van der Waals surface area contributed by atoms with Gasteiger partial charge < -0.3 is 5.32 Å². The smallest absolute Gasteiger partial charge is 0.242 e. The monoisotopic (exact) mass is 410 g/mol. The van der Waals surface area contributed by atoms with Gasteiger partial charge in [0.25, 0.3) is 0 Å². The topological polar surface area (TPSA) is 74.7 Å². The summed E-state index contributed by atoms with van der Waals surface area (Å²) in [6, 6.07) is 15.4. The molecule has 3 aromatic rings. The largest absolute Gasteiger partial charge is 0.326 e. The molecule has 1 N–H and O–H groups in total. The molecule has 1 saturated heterocycles. The Balaban J connectivity index is 1.45. The van der Waals surface area contributed by atoms with Crippen LogP contribution >= 0.6 is 23.1 Å². The molecule has 1 atom stereocenters. The van der Waals surface area contributed by atoms with Crippen LogP contribution in [0.5, 0.6) is 0 Å². The Morgan fingerprint density at radius 3 is 2.71 bits per heavy atom. The van der Waals surface area contributed by atoms with Gasteiger partial charge in [0.1, 0.15) is 5.25 Å². The molecular weight excluding hydrogens is 392 g/mol. The first-order chi connectivity index (χ1) is 13.5. The van der Waals surface area contributed by atoms with Gasteiger partial charge >= 0.3 is 0 Å². The van der Waals surface area contributed by atoms with E-state index in [4.69, 9.17) is 0 Å². The first-order valence-electron chi connectivity index (χ1n) is 8.74. The number of carbonyl (C=O) groups is 2. The van der Waals surface area contributed by atoms with E-state index in [2.05, 4.69) is 15.3 Å². The zero-order valence-corrected chi connectivity index (χ0v) is 17.0. The molecule has 142 valence electrons. The molecule has 1 unspecified atom stereocenters. The van der Waals surface area contributed by atoms with Crippen molar-refractivity contribution < 1.29 is 9.59 Å². The number of hydrogen-bond donors (Lipinski definition) is 1. The number of aryl methyl sites for hydroxylation is 1. The maximum absolute atomic E-state index is 12.5. The van der Waals surface area contributed by atoms with Crippen molar-refractivity contribution in [2.75, 3.05) is 12.4 Å². The van der Waals surface area contributed by atoms with Crippen LogP contribution in [-0.2, 0) is 9.59 Å². The van der Waals surface area contributed by atoms with Crippen LogP contribution in [0.4, 0.5) is 10.8 Å². The fourth-order valence-corrected chi connectivity index (χ4v) is 4.84. The summed E-state index contributed by atoms with van der Waals surface area (Å²) < 4.78 is 1.05. The predicted octanol–water partition coefficient (Wildman–Crippen LogP) is 4.19. The molecule has 0 spiro atoms. The Kier molecular flexibility index (Phi) is 5.15. The Morgan fingerprint density at radius 1 is 1.21 bits per heavy atom. The fourth-order valence-electron chi connectivity index (χ4n) is 2.80. The summed E-state index contributed by atoms with van der Waals surface area (Å²) in [7, 11) is 1.68. The van der Waals surface area contributed by atoms with Crippen LogP contribution in [0.1, 0.15) is 12.0 Å². The van der Waals surface area contributed by atoms with Crippen molar-refractivity contribution in [2.24, 2.45) is 4.99 Å². The van der Waals surface area contributed by atoms with Gasteiger partial charge in [0.15, 0.2) is 5.17 Å². The fraction of sp³-hybridized carbons (Fsp3) is 0.200. The highest BCUT2D eigenvalue weighted by atomic mass is 32.2. The minimum absolute atomic E-state index is 0.0978. The quantitative estimate of drug-likeness (QED) is 0.700. The summed E-state index contributed by atoms with van der Waals surface area (Å²) in [4.78, 5) is 35.4. The van der Waals surface area contributed by atoms with E-state index in [1.54, 1.807) is 7.05 Å².